The Bertz CT molecular complexity index is 861. The average Bonchev–Trinajstić information content (AvgIpc) is 3.16. The second-order valence-corrected chi connectivity index (χ2v) is 7.86. The molecule has 3 rings (SSSR count). The van der Waals surface area contributed by atoms with Crippen LogP contribution in [0.4, 0.5) is 0 Å². The van der Waals surface area contributed by atoms with Crippen molar-refractivity contribution in [2.24, 2.45) is 5.73 Å². The molecule has 0 radical (unpaired) electrons. The van der Waals surface area contributed by atoms with Crippen LogP contribution in [0.25, 0.3) is 0 Å². The first-order chi connectivity index (χ1) is 10.4. The number of halogens is 1. The summed E-state index contributed by atoms with van der Waals surface area (Å²) in [5, 5.41) is 8.89. The summed E-state index contributed by atoms with van der Waals surface area (Å²) in [5.74, 6) is -0.582. The van der Waals surface area contributed by atoms with Crippen molar-refractivity contribution >= 4 is 21.4 Å². The molecule has 2 aromatic rings. The Balaban J connectivity index is 2.06. The standard InChI is InChI=1S/C16H13ClN2O2S/c17-12-6-4-5-11(9-12)14-15(16(14,19)10-18)22(20,21)13-7-2-1-3-8-13/h1-9,14-15H,19H2/t14-,15+,16+/m1/s1. The minimum atomic E-state index is -3.69. The van der Waals surface area contributed by atoms with Crippen molar-refractivity contribution in [1.82, 2.24) is 0 Å². The van der Waals surface area contributed by atoms with Gasteiger partial charge in [0.1, 0.15) is 10.8 Å². The van der Waals surface area contributed by atoms with Crippen molar-refractivity contribution < 1.29 is 8.42 Å². The Hall–Kier alpha value is -1.87. The zero-order valence-electron chi connectivity index (χ0n) is 11.5. The average molecular weight is 333 g/mol. The third-order valence-corrected chi connectivity index (χ3v) is 6.48. The molecule has 0 unspecified atom stereocenters. The Kier molecular flexibility index (Phi) is 3.48. The van der Waals surface area contributed by atoms with Crippen LogP contribution in [0.3, 0.4) is 0 Å². The van der Waals surface area contributed by atoms with Crippen molar-refractivity contribution in [3.8, 4) is 6.07 Å². The van der Waals surface area contributed by atoms with Crippen molar-refractivity contribution in [1.29, 1.82) is 5.26 Å². The van der Waals surface area contributed by atoms with E-state index in [-0.39, 0.29) is 4.90 Å². The maximum absolute atomic E-state index is 12.8. The van der Waals surface area contributed by atoms with Crippen LogP contribution in [0.1, 0.15) is 11.5 Å². The van der Waals surface area contributed by atoms with E-state index in [0.717, 1.165) is 0 Å². The highest BCUT2D eigenvalue weighted by molar-refractivity contribution is 7.92. The molecule has 1 aliphatic rings. The lowest BCUT2D eigenvalue weighted by atomic mass is 10.1. The van der Waals surface area contributed by atoms with Gasteiger partial charge in [-0.25, -0.2) is 8.42 Å². The summed E-state index contributed by atoms with van der Waals surface area (Å²) < 4.78 is 25.5. The van der Waals surface area contributed by atoms with Gasteiger partial charge >= 0.3 is 0 Å². The van der Waals surface area contributed by atoms with Gasteiger partial charge in [-0.15, -0.1) is 0 Å². The zero-order valence-corrected chi connectivity index (χ0v) is 13.1. The number of rotatable bonds is 3. The number of hydrogen-bond donors (Lipinski definition) is 1. The molecule has 0 aliphatic heterocycles. The van der Waals surface area contributed by atoms with E-state index in [2.05, 4.69) is 0 Å². The third-order valence-electron chi connectivity index (χ3n) is 3.99. The van der Waals surface area contributed by atoms with Gasteiger partial charge in [0.25, 0.3) is 0 Å². The smallest absolute Gasteiger partial charge is 0.184 e. The van der Waals surface area contributed by atoms with Gasteiger partial charge < -0.3 is 5.73 Å². The van der Waals surface area contributed by atoms with E-state index >= 15 is 0 Å². The number of nitrogens with two attached hydrogens (primary N) is 1. The van der Waals surface area contributed by atoms with Gasteiger partial charge in [0, 0.05) is 10.9 Å². The highest BCUT2D eigenvalue weighted by atomic mass is 35.5. The molecule has 0 heterocycles. The second kappa shape index (κ2) is 5.10. The third kappa shape index (κ3) is 2.20. The second-order valence-electron chi connectivity index (χ2n) is 5.36. The summed E-state index contributed by atoms with van der Waals surface area (Å²) >= 11 is 5.96. The number of hydrogen-bond acceptors (Lipinski definition) is 4. The van der Waals surface area contributed by atoms with Crippen LogP contribution in [0.2, 0.25) is 5.02 Å². The highest BCUT2D eigenvalue weighted by Gasteiger charge is 2.70. The number of benzene rings is 2. The van der Waals surface area contributed by atoms with Crippen LogP contribution in [-0.4, -0.2) is 19.2 Å². The lowest BCUT2D eigenvalue weighted by Gasteiger charge is -2.04. The van der Waals surface area contributed by atoms with Crippen molar-refractivity contribution in [3.63, 3.8) is 0 Å². The van der Waals surface area contributed by atoms with Gasteiger partial charge in [0.15, 0.2) is 9.84 Å². The first kappa shape index (κ1) is 15.0. The van der Waals surface area contributed by atoms with E-state index in [1.807, 2.05) is 6.07 Å². The van der Waals surface area contributed by atoms with Gasteiger partial charge in [-0.1, -0.05) is 41.9 Å². The lowest BCUT2D eigenvalue weighted by Crippen LogP contribution is -2.29. The van der Waals surface area contributed by atoms with Crippen LogP contribution in [0.15, 0.2) is 59.5 Å². The quantitative estimate of drug-likeness (QED) is 0.936. The molecule has 3 atom stereocenters. The Morgan fingerprint density at radius 3 is 2.41 bits per heavy atom. The van der Waals surface area contributed by atoms with Crippen molar-refractivity contribution in [2.45, 2.75) is 21.6 Å². The van der Waals surface area contributed by atoms with Crippen LogP contribution in [0, 0.1) is 11.3 Å². The summed E-state index contributed by atoms with van der Waals surface area (Å²) in [6.07, 6.45) is 0. The predicted molar refractivity (Wildman–Crippen MR) is 84.1 cm³/mol. The summed E-state index contributed by atoms with van der Waals surface area (Å²) in [6, 6.07) is 16.8. The normalized spacial score (nSPS) is 27.1. The molecule has 0 saturated heterocycles. The maximum Gasteiger partial charge on any atom is 0.184 e. The fourth-order valence-corrected chi connectivity index (χ4v) is 5.25. The molecular weight excluding hydrogens is 320 g/mol. The molecule has 4 nitrogen and oxygen atoms in total. The predicted octanol–water partition coefficient (Wildman–Crippen LogP) is 2.50. The van der Waals surface area contributed by atoms with Crippen molar-refractivity contribution in [2.75, 3.05) is 0 Å². The van der Waals surface area contributed by atoms with Gasteiger partial charge in [-0.2, -0.15) is 5.26 Å². The van der Waals surface area contributed by atoms with Crippen molar-refractivity contribution in [3.05, 3.63) is 65.2 Å². The number of nitrogens with zero attached hydrogens (tertiary/aromatic N) is 1. The Labute approximate surface area is 134 Å². The van der Waals surface area contributed by atoms with E-state index in [1.165, 1.54) is 12.1 Å². The summed E-state index contributed by atoms with van der Waals surface area (Å²) in [4.78, 5) is 0.176. The minimum absolute atomic E-state index is 0.176. The summed E-state index contributed by atoms with van der Waals surface area (Å²) in [7, 11) is -3.69. The first-order valence-electron chi connectivity index (χ1n) is 6.66. The van der Waals surface area contributed by atoms with E-state index in [4.69, 9.17) is 17.3 Å². The molecule has 1 aliphatic carbocycles. The lowest BCUT2D eigenvalue weighted by molar-refractivity contribution is 0.592. The minimum Gasteiger partial charge on any atom is -0.312 e. The number of sulfone groups is 1. The van der Waals surface area contributed by atoms with E-state index in [1.54, 1.807) is 42.5 Å². The molecule has 2 aromatic carbocycles. The molecule has 1 fully saturated rings. The highest BCUT2D eigenvalue weighted by Crippen LogP contribution is 2.55. The molecule has 0 amide bonds. The maximum atomic E-state index is 12.8. The molecule has 2 N–H and O–H groups in total. The molecule has 0 spiro atoms. The molecule has 112 valence electrons. The monoisotopic (exact) mass is 332 g/mol. The molecule has 1 saturated carbocycles. The Morgan fingerprint density at radius 1 is 1.14 bits per heavy atom. The SMILES string of the molecule is N#C[C@]1(N)[C@H](c2cccc(Cl)c2)[C@@H]1S(=O)(=O)c1ccccc1. The van der Waals surface area contributed by atoms with Gasteiger partial charge in [0.05, 0.1) is 11.0 Å². The van der Waals surface area contributed by atoms with Crippen LogP contribution >= 0.6 is 11.6 Å². The van der Waals surface area contributed by atoms with Crippen LogP contribution in [0.5, 0.6) is 0 Å². The first-order valence-corrected chi connectivity index (χ1v) is 8.58. The topological polar surface area (TPSA) is 83.9 Å². The van der Waals surface area contributed by atoms with Gasteiger partial charge in [-0.3, -0.25) is 0 Å². The molecule has 6 heteroatoms. The number of nitriles is 1. The summed E-state index contributed by atoms with van der Waals surface area (Å²) in [5.41, 5.74) is 5.29. The fraction of sp³-hybridized carbons (Fsp3) is 0.188. The van der Waals surface area contributed by atoms with Gasteiger partial charge in [-0.05, 0) is 29.8 Å². The molecular formula is C16H13ClN2O2S. The zero-order chi connectivity index (χ0) is 16.0. The van der Waals surface area contributed by atoms with Gasteiger partial charge in [0.2, 0.25) is 0 Å². The van der Waals surface area contributed by atoms with Crippen LogP contribution in [-0.2, 0) is 9.84 Å². The molecule has 0 bridgehead atoms. The largest absolute Gasteiger partial charge is 0.312 e. The fourth-order valence-electron chi connectivity index (χ4n) is 2.85. The molecule has 0 aromatic heterocycles. The van der Waals surface area contributed by atoms with E-state index in [0.29, 0.717) is 10.6 Å². The summed E-state index contributed by atoms with van der Waals surface area (Å²) in [6.45, 7) is 0. The molecule has 22 heavy (non-hydrogen) atoms. The van der Waals surface area contributed by atoms with E-state index in [9.17, 15) is 13.7 Å². The Morgan fingerprint density at radius 2 is 1.82 bits per heavy atom. The van der Waals surface area contributed by atoms with Crippen LogP contribution < -0.4 is 5.73 Å². The van der Waals surface area contributed by atoms with E-state index < -0.39 is 26.5 Å².